The lowest BCUT2D eigenvalue weighted by atomic mass is 10.2. The highest BCUT2D eigenvalue weighted by atomic mass is 16.5. The van der Waals surface area contributed by atoms with Gasteiger partial charge in [0.1, 0.15) is 0 Å². The van der Waals surface area contributed by atoms with E-state index in [0.717, 1.165) is 24.5 Å². The minimum Gasteiger partial charge on any atom is -0.372 e. The second-order valence-electron chi connectivity index (χ2n) is 5.33. The maximum atomic E-state index is 11.5. The van der Waals surface area contributed by atoms with Crippen molar-refractivity contribution in [3.63, 3.8) is 0 Å². The average molecular weight is 289 g/mol. The van der Waals surface area contributed by atoms with Gasteiger partial charge < -0.3 is 20.3 Å². The zero-order valence-electron chi connectivity index (χ0n) is 12.6. The summed E-state index contributed by atoms with van der Waals surface area (Å²) in [7, 11) is 0. The molecular formula is C16H23N3O2. The molecule has 114 valence electrons. The van der Waals surface area contributed by atoms with Gasteiger partial charge in [-0.2, -0.15) is 0 Å². The summed E-state index contributed by atoms with van der Waals surface area (Å²) in [5.41, 5.74) is 1.92. The Morgan fingerprint density at radius 1 is 1.33 bits per heavy atom. The fraction of sp³-hybridized carbons (Fsp3) is 0.438. The van der Waals surface area contributed by atoms with Crippen LogP contribution in [0.5, 0.6) is 0 Å². The highest BCUT2D eigenvalue weighted by Crippen LogP contribution is 2.22. The number of benzene rings is 1. The first-order valence-electron chi connectivity index (χ1n) is 7.24. The Balaban J connectivity index is 1.95. The van der Waals surface area contributed by atoms with Gasteiger partial charge >= 0.3 is 6.03 Å². The van der Waals surface area contributed by atoms with Crippen LogP contribution in [-0.2, 0) is 4.74 Å². The van der Waals surface area contributed by atoms with E-state index >= 15 is 0 Å². The van der Waals surface area contributed by atoms with Gasteiger partial charge in [0.25, 0.3) is 0 Å². The molecule has 5 heteroatoms. The molecular weight excluding hydrogens is 266 g/mol. The van der Waals surface area contributed by atoms with Crippen molar-refractivity contribution in [3.8, 4) is 0 Å². The van der Waals surface area contributed by atoms with E-state index in [1.165, 1.54) is 0 Å². The third kappa shape index (κ3) is 4.49. The molecule has 1 aliphatic heterocycles. The Bertz CT molecular complexity index is 477. The number of urea groups is 1. The second kappa shape index (κ2) is 7.13. The van der Waals surface area contributed by atoms with Crippen LogP contribution in [0, 0.1) is 0 Å². The zero-order chi connectivity index (χ0) is 15.2. The molecule has 2 amide bonds. The SMILES string of the molecule is C=CCNC(=O)Nc1ccc(N2C[C@@H](C)O[C@H](C)C2)cc1. The van der Waals surface area contributed by atoms with E-state index in [9.17, 15) is 4.79 Å². The smallest absolute Gasteiger partial charge is 0.319 e. The first-order chi connectivity index (χ1) is 10.1. The molecule has 2 N–H and O–H groups in total. The zero-order valence-corrected chi connectivity index (χ0v) is 12.6. The predicted octanol–water partition coefficient (Wildman–Crippen LogP) is 2.61. The van der Waals surface area contributed by atoms with Crippen molar-refractivity contribution in [1.29, 1.82) is 0 Å². The van der Waals surface area contributed by atoms with Crippen molar-refractivity contribution in [3.05, 3.63) is 36.9 Å². The highest BCUT2D eigenvalue weighted by Gasteiger charge is 2.22. The van der Waals surface area contributed by atoms with Crippen molar-refractivity contribution >= 4 is 17.4 Å². The van der Waals surface area contributed by atoms with Crippen LogP contribution in [0.15, 0.2) is 36.9 Å². The van der Waals surface area contributed by atoms with E-state index in [1.54, 1.807) is 6.08 Å². The Labute approximate surface area is 126 Å². The van der Waals surface area contributed by atoms with Gasteiger partial charge in [-0.25, -0.2) is 4.79 Å². The Morgan fingerprint density at radius 3 is 2.52 bits per heavy atom. The molecule has 1 fully saturated rings. The molecule has 1 aromatic rings. The van der Waals surface area contributed by atoms with Crippen LogP contribution >= 0.6 is 0 Å². The summed E-state index contributed by atoms with van der Waals surface area (Å²) in [5, 5.41) is 5.46. The van der Waals surface area contributed by atoms with Gasteiger partial charge in [0, 0.05) is 31.0 Å². The van der Waals surface area contributed by atoms with Crippen LogP contribution in [0.4, 0.5) is 16.2 Å². The molecule has 0 spiro atoms. The highest BCUT2D eigenvalue weighted by molar-refractivity contribution is 5.89. The monoisotopic (exact) mass is 289 g/mol. The molecule has 5 nitrogen and oxygen atoms in total. The van der Waals surface area contributed by atoms with Crippen LogP contribution in [0.2, 0.25) is 0 Å². The van der Waals surface area contributed by atoms with Gasteiger partial charge in [0.2, 0.25) is 0 Å². The number of anilines is 2. The molecule has 21 heavy (non-hydrogen) atoms. The van der Waals surface area contributed by atoms with Crippen LogP contribution in [0.1, 0.15) is 13.8 Å². The predicted molar refractivity (Wildman–Crippen MR) is 85.9 cm³/mol. The largest absolute Gasteiger partial charge is 0.372 e. The number of morpholine rings is 1. The maximum Gasteiger partial charge on any atom is 0.319 e. The Kier molecular flexibility index (Phi) is 5.22. The molecule has 0 unspecified atom stereocenters. The van der Waals surface area contributed by atoms with E-state index in [0.29, 0.717) is 6.54 Å². The summed E-state index contributed by atoms with van der Waals surface area (Å²) in [6.45, 7) is 9.95. The van der Waals surface area contributed by atoms with Crippen molar-refractivity contribution in [1.82, 2.24) is 5.32 Å². The van der Waals surface area contributed by atoms with E-state index in [2.05, 4.69) is 36.0 Å². The van der Waals surface area contributed by atoms with Crippen molar-refractivity contribution < 1.29 is 9.53 Å². The summed E-state index contributed by atoms with van der Waals surface area (Å²) in [6, 6.07) is 7.64. The fourth-order valence-electron chi connectivity index (χ4n) is 2.48. The van der Waals surface area contributed by atoms with Gasteiger partial charge in [0.05, 0.1) is 12.2 Å². The second-order valence-corrected chi connectivity index (χ2v) is 5.33. The minimum absolute atomic E-state index is 0.226. The number of nitrogens with one attached hydrogen (secondary N) is 2. The van der Waals surface area contributed by atoms with Gasteiger partial charge in [0.15, 0.2) is 0 Å². The van der Waals surface area contributed by atoms with Crippen LogP contribution in [-0.4, -0.2) is 37.9 Å². The molecule has 2 atom stereocenters. The van der Waals surface area contributed by atoms with E-state index in [1.807, 2.05) is 24.3 Å². The van der Waals surface area contributed by atoms with E-state index in [4.69, 9.17) is 4.74 Å². The average Bonchev–Trinajstić information content (AvgIpc) is 2.45. The molecule has 1 saturated heterocycles. The minimum atomic E-state index is -0.226. The molecule has 0 radical (unpaired) electrons. The number of ether oxygens (including phenoxy) is 1. The number of carbonyl (C=O) groups excluding carboxylic acids is 1. The normalized spacial score (nSPS) is 21.7. The maximum absolute atomic E-state index is 11.5. The molecule has 0 aliphatic carbocycles. The number of nitrogens with zero attached hydrogens (tertiary/aromatic N) is 1. The lowest BCUT2D eigenvalue weighted by Crippen LogP contribution is -2.45. The molecule has 2 rings (SSSR count). The topological polar surface area (TPSA) is 53.6 Å². The lowest BCUT2D eigenvalue weighted by Gasteiger charge is -2.36. The standard InChI is InChI=1S/C16H23N3O2/c1-4-9-17-16(20)18-14-5-7-15(8-6-14)19-10-12(2)21-13(3)11-19/h4-8,12-13H,1,9-11H2,2-3H3,(H2,17,18,20)/t12-,13-/m1/s1. The number of hydrogen-bond acceptors (Lipinski definition) is 3. The number of hydrogen-bond donors (Lipinski definition) is 2. The van der Waals surface area contributed by atoms with Gasteiger partial charge in [-0.3, -0.25) is 0 Å². The van der Waals surface area contributed by atoms with E-state index in [-0.39, 0.29) is 18.2 Å². The molecule has 1 aliphatic rings. The number of amides is 2. The summed E-state index contributed by atoms with van der Waals surface area (Å²) < 4.78 is 5.74. The molecule has 0 saturated carbocycles. The fourth-order valence-corrected chi connectivity index (χ4v) is 2.48. The summed E-state index contributed by atoms with van der Waals surface area (Å²) in [6.07, 6.45) is 2.11. The van der Waals surface area contributed by atoms with Crippen molar-refractivity contribution in [2.45, 2.75) is 26.1 Å². The Hall–Kier alpha value is -2.01. The first kappa shape index (κ1) is 15.4. The lowest BCUT2D eigenvalue weighted by molar-refractivity contribution is -0.00521. The molecule has 1 aromatic carbocycles. The van der Waals surface area contributed by atoms with E-state index < -0.39 is 0 Å². The third-order valence-electron chi connectivity index (χ3n) is 3.32. The summed E-state index contributed by atoms with van der Waals surface area (Å²) in [5.74, 6) is 0. The van der Waals surface area contributed by atoms with Gasteiger partial charge in [-0.05, 0) is 38.1 Å². The summed E-state index contributed by atoms with van der Waals surface area (Å²) in [4.78, 5) is 13.9. The first-order valence-corrected chi connectivity index (χ1v) is 7.24. The number of carbonyl (C=O) groups is 1. The summed E-state index contributed by atoms with van der Waals surface area (Å²) >= 11 is 0. The van der Waals surface area contributed by atoms with Crippen LogP contribution in [0.25, 0.3) is 0 Å². The van der Waals surface area contributed by atoms with Gasteiger partial charge in [-0.15, -0.1) is 6.58 Å². The Morgan fingerprint density at radius 2 is 1.95 bits per heavy atom. The van der Waals surface area contributed by atoms with Crippen LogP contribution in [0.3, 0.4) is 0 Å². The van der Waals surface area contributed by atoms with Gasteiger partial charge in [-0.1, -0.05) is 6.08 Å². The van der Waals surface area contributed by atoms with Crippen molar-refractivity contribution in [2.75, 3.05) is 29.9 Å². The third-order valence-corrected chi connectivity index (χ3v) is 3.32. The molecule has 1 heterocycles. The quantitative estimate of drug-likeness (QED) is 0.838. The van der Waals surface area contributed by atoms with Crippen molar-refractivity contribution in [2.24, 2.45) is 0 Å². The number of rotatable bonds is 4. The molecule has 0 bridgehead atoms. The molecule has 0 aromatic heterocycles. The van der Waals surface area contributed by atoms with Crippen LogP contribution < -0.4 is 15.5 Å².